The Morgan fingerprint density at radius 2 is 2.00 bits per heavy atom. The molecule has 0 atom stereocenters. The van der Waals surface area contributed by atoms with E-state index in [2.05, 4.69) is 4.98 Å². The molecule has 0 aliphatic heterocycles. The molecular formula is C14H7N3O2S. The van der Waals surface area contributed by atoms with Gasteiger partial charge in [0.15, 0.2) is 0 Å². The van der Waals surface area contributed by atoms with Gasteiger partial charge in [0.25, 0.3) is 0 Å². The summed E-state index contributed by atoms with van der Waals surface area (Å²) in [4.78, 5) is 16.2. The van der Waals surface area contributed by atoms with Crippen LogP contribution in [0.2, 0.25) is 0 Å². The number of rotatable bonds is 3. The van der Waals surface area contributed by atoms with Crippen LogP contribution in [0.4, 0.5) is 0 Å². The number of hydrogen-bond acceptors (Lipinski definition) is 5. The van der Waals surface area contributed by atoms with Gasteiger partial charge in [-0.2, -0.15) is 10.5 Å². The number of hydrogen-bond donors (Lipinski definition) is 1. The van der Waals surface area contributed by atoms with E-state index in [0.29, 0.717) is 16.1 Å². The van der Waals surface area contributed by atoms with Gasteiger partial charge in [-0.1, -0.05) is 0 Å². The molecule has 0 radical (unpaired) electrons. The van der Waals surface area contributed by atoms with E-state index in [1.165, 1.54) is 23.5 Å². The highest BCUT2D eigenvalue weighted by Gasteiger charge is 2.08. The lowest BCUT2D eigenvalue weighted by atomic mass is 10.1. The van der Waals surface area contributed by atoms with Gasteiger partial charge in [0, 0.05) is 4.88 Å². The maximum Gasteiger partial charge on any atom is 0.354 e. The fourth-order valence-electron chi connectivity index (χ4n) is 1.48. The first-order valence-corrected chi connectivity index (χ1v) is 6.28. The number of carbonyl (C=O) groups is 1. The Balaban J connectivity index is 2.37. The van der Waals surface area contributed by atoms with E-state index in [4.69, 9.17) is 15.6 Å². The average Bonchev–Trinajstić information content (AvgIpc) is 2.92. The molecule has 0 bridgehead atoms. The molecule has 0 aliphatic rings. The Morgan fingerprint density at radius 3 is 2.60 bits per heavy atom. The minimum Gasteiger partial charge on any atom is -0.477 e. The Bertz CT molecular complexity index is 778. The van der Waals surface area contributed by atoms with E-state index < -0.39 is 5.97 Å². The average molecular weight is 281 g/mol. The van der Waals surface area contributed by atoms with Crippen LogP contribution in [0.5, 0.6) is 0 Å². The summed E-state index contributed by atoms with van der Waals surface area (Å²) in [6.07, 6.45) is 3.26. The molecule has 0 fully saturated rings. The monoisotopic (exact) mass is 281 g/mol. The molecule has 20 heavy (non-hydrogen) atoms. The number of nitriles is 2. The van der Waals surface area contributed by atoms with Gasteiger partial charge in [-0.15, -0.1) is 11.3 Å². The molecule has 2 rings (SSSR count). The van der Waals surface area contributed by atoms with Gasteiger partial charge in [-0.05, 0) is 36.4 Å². The fraction of sp³-hybridized carbons (Fsp3) is 0. The van der Waals surface area contributed by atoms with Crippen molar-refractivity contribution in [3.05, 3.63) is 51.0 Å². The molecule has 2 aromatic heterocycles. The third-order valence-electron chi connectivity index (χ3n) is 2.41. The van der Waals surface area contributed by atoms with E-state index in [1.807, 2.05) is 12.1 Å². The van der Waals surface area contributed by atoms with Gasteiger partial charge >= 0.3 is 5.97 Å². The first-order chi connectivity index (χ1) is 9.63. The van der Waals surface area contributed by atoms with Crippen LogP contribution in [0.3, 0.4) is 0 Å². The van der Waals surface area contributed by atoms with Gasteiger partial charge in [0.1, 0.15) is 22.7 Å². The molecule has 0 aliphatic carbocycles. The number of aromatic nitrogens is 1. The molecule has 0 unspecified atom stereocenters. The van der Waals surface area contributed by atoms with Gasteiger partial charge in [0.05, 0.1) is 11.3 Å². The topological polar surface area (TPSA) is 97.8 Å². The first-order valence-electron chi connectivity index (χ1n) is 5.46. The Labute approximate surface area is 118 Å². The SMILES string of the molecule is N#Cc1ccc(/C=C/c2nc(C(=O)O)ccc2C#N)s1. The molecule has 0 saturated carbocycles. The van der Waals surface area contributed by atoms with E-state index in [0.717, 1.165) is 4.88 Å². The molecular weight excluding hydrogens is 274 g/mol. The van der Waals surface area contributed by atoms with Crippen molar-refractivity contribution in [2.75, 3.05) is 0 Å². The molecule has 0 saturated heterocycles. The third-order valence-corrected chi connectivity index (χ3v) is 3.36. The summed E-state index contributed by atoms with van der Waals surface area (Å²) < 4.78 is 0. The molecule has 2 aromatic rings. The van der Waals surface area contributed by atoms with E-state index in [-0.39, 0.29) is 5.69 Å². The van der Waals surface area contributed by atoms with E-state index >= 15 is 0 Å². The van der Waals surface area contributed by atoms with Crippen molar-refractivity contribution in [1.82, 2.24) is 4.98 Å². The van der Waals surface area contributed by atoms with Crippen molar-refractivity contribution in [3.63, 3.8) is 0 Å². The minimum absolute atomic E-state index is 0.118. The number of nitrogens with zero attached hydrogens (tertiary/aromatic N) is 3. The maximum atomic E-state index is 10.9. The zero-order chi connectivity index (χ0) is 14.5. The van der Waals surface area contributed by atoms with Gasteiger partial charge < -0.3 is 5.11 Å². The normalized spacial score (nSPS) is 10.1. The van der Waals surface area contributed by atoms with Gasteiger partial charge in [-0.25, -0.2) is 9.78 Å². The maximum absolute atomic E-state index is 10.9. The van der Waals surface area contributed by atoms with Crippen LogP contribution < -0.4 is 0 Å². The minimum atomic E-state index is -1.15. The third kappa shape index (κ3) is 2.89. The summed E-state index contributed by atoms with van der Waals surface area (Å²) in [6, 6.07) is 10.2. The summed E-state index contributed by atoms with van der Waals surface area (Å²) in [5.41, 5.74) is 0.468. The molecule has 0 spiro atoms. The van der Waals surface area contributed by atoms with Gasteiger partial charge in [0.2, 0.25) is 0 Å². The van der Waals surface area contributed by atoms with Crippen molar-refractivity contribution < 1.29 is 9.90 Å². The largest absolute Gasteiger partial charge is 0.477 e. The predicted octanol–water partition coefficient (Wildman–Crippen LogP) is 2.76. The lowest BCUT2D eigenvalue weighted by molar-refractivity contribution is 0.0690. The standard InChI is InChI=1S/C14H7N3O2S/c15-7-9-1-5-13(14(18)19)17-12(9)6-4-10-2-3-11(8-16)20-10/h1-6H,(H,18,19)/b6-4+. The zero-order valence-corrected chi connectivity index (χ0v) is 10.9. The quantitative estimate of drug-likeness (QED) is 0.932. The second-order valence-electron chi connectivity index (χ2n) is 3.69. The summed E-state index contributed by atoms with van der Waals surface area (Å²) in [6.45, 7) is 0. The highest BCUT2D eigenvalue weighted by Crippen LogP contribution is 2.19. The fourth-order valence-corrected chi connectivity index (χ4v) is 2.19. The molecule has 0 aromatic carbocycles. The predicted molar refractivity (Wildman–Crippen MR) is 73.9 cm³/mol. The van der Waals surface area contributed by atoms with Crippen LogP contribution in [-0.4, -0.2) is 16.1 Å². The highest BCUT2D eigenvalue weighted by molar-refractivity contribution is 7.13. The summed E-state index contributed by atoms with van der Waals surface area (Å²) in [5, 5.41) is 26.6. The van der Waals surface area contributed by atoms with Crippen molar-refractivity contribution in [2.45, 2.75) is 0 Å². The number of carboxylic acid groups (broad SMARTS) is 1. The van der Waals surface area contributed by atoms with Crippen LogP contribution in [0.25, 0.3) is 12.2 Å². The molecule has 1 N–H and O–H groups in total. The molecule has 6 heteroatoms. The number of thiophene rings is 1. The Hall–Kier alpha value is -2.96. The van der Waals surface area contributed by atoms with Crippen LogP contribution in [0.1, 0.15) is 31.5 Å². The lowest BCUT2D eigenvalue weighted by Gasteiger charge is -1.99. The molecule has 2 heterocycles. The van der Waals surface area contributed by atoms with Gasteiger partial charge in [-0.3, -0.25) is 0 Å². The van der Waals surface area contributed by atoms with Crippen molar-refractivity contribution in [1.29, 1.82) is 10.5 Å². The summed E-state index contributed by atoms with van der Waals surface area (Å²) in [5.74, 6) is -1.15. The molecule has 5 nitrogen and oxygen atoms in total. The van der Waals surface area contributed by atoms with E-state index in [1.54, 1.807) is 24.3 Å². The molecule has 0 amide bonds. The second-order valence-corrected chi connectivity index (χ2v) is 4.81. The summed E-state index contributed by atoms with van der Waals surface area (Å²) >= 11 is 1.30. The van der Waals surface area contributed by atoms with E-state index in [9.17, 15) is 4.79 Å². The zero-order valence-electron chi connectivity index (χ0n) is 10.1. The van der Waals surface area contributed by atoms with Crippen LogP contribution in [-0.2, 0) is 0 Å². The van der Waals surface area contributed by atoms with Crippen molar-refractivity contribution in [3.8, 4) is 12.1 Å². The second kappa shape index (κ2) is 5.79. The lowest BCUT2D eigenvalue weighted by Crippen LogP contribution is -2.02. The highest BCUT2D eigenvalue weighted by atomic mass is 32.1. The Morgan fingerprint density at radius 1 is 1.20 bits per heavy atom. The first kappa shape index (κ1) is 13.5. The van der Waals surface area contributed by atoms with Crippen LogP contribution in [0, 0.1) is 22.7 Å². The van der Waals surface area contributed by atoms with Crippen molar-refractivity contribution in [2.24, 2.45) is 0 Å². The Kier molecular flexibility index (Phi) is 3.90. The van der Waals surface area contributed by atoms with Crippen LogP contribution in [0.15, 0.2) is 24.3 Å². The smallest absolute Gasteiger partial charge is 0.354 e. The van der Waals surface area contributed by atoms with Crippen LogP contribution >= 0.6 is 11.3 Å². The molecule has 96 valence electrons. The number of pyridine rings is 1. The number of aromatic carboxylic acids is 1. The number of carboxylic acids is 1. The summed E-state index contributed by atoms with van der Waals surface area (Å²) in [7, 11) is 0. The van der Waals surface area contributed by atoms with Crippen molar-refractivity contribution >= 4 is 29.5 Å².